The zero-order valence-corrected chi connectivity index (χ0v) is 16.7. The Morgan fingerprint density at radius 2 is 1.50 bits per heavy atom. The maximum Gasteiger partial charge on any atom is 0.372 e. The van der Waals surface area contributed by atoms with Crippen LogP contribution in [0.15, 0.2) is 24.5 Å². The number of halogens is 1. The van der Waals surface area contributed by atoms with Crippen LogP contribution in [-0.4, -0.2) is 18.5 Å². The summed E-state index contributed by atoms with van der Waals surface area (Å²) in [6, 6.07) is 3.07. The molecule has 0 amide bonds. The van der Waals surface area contributed by atoms with E-state index < -0.39 is 5.90 Å². The van der Waals surface area contributed by atoms with Gasteiger partial charge in [0, 0.05) is 12.1 Å². The fourth-order valence-electron chi connectivity index (χ4n) is 2.68. The van der Waals surface area contributed by atoms with E-state index in [0.29, 0.717) is 12.2 Å². The molecule has 1 aromatic heterocycles. The molecule has 0 radical (unpaired) electrons. The molecule has 0 atom stereocenters. The SMILES string of the molecule is CCCCCCCCCCCCOC(=O)C[n+]1ccc(C(=N)[O-])cc1.Cl. The van der Waals surface area contributed by atoms with Gasteiger partial charge >= 0.3 is 5.97 Å². The van der Waals surface area contributed by atoms with Crippen molar-refractivity contribution in [2.24, 2.45) is 0 Å². The fourth-order valence-corrected chi connectivity index (χ4v) is 2.68. The molecule has 5 nitrogen and oxygen atoms in total. The van der Waals surface area contributed by atoms with Gasteiger partial charge in [0.05, 0.1) is 6.61 Å². The third-order valence-corrected chi connectivity index (χ3v) is 4.23. The number of carbonyl (C=O) groups is 1. The average Bonchev–Trinajstić information content (AvgIpc) is 2.60. The van der Waals surface area contributed by atoms with Crippen molar-refractivity contribution in [2.75, 3.05) is 6.61 Å². The molecule has 0 fully saturated rings. The van der Waals surface area contributed by atoms with E-state index in [1.54, 1.807) is 17.0 Å². The lowest BCUT2D eigenvalue weighted by Gasteiger charge is -2.06. The number of nitrogens with zero attached hydrogens (tertiary/aromatic N) is 1. The summed E-state index contributed by atoms with van der Waals surface area (Å²) >= 11 is 0. The monoisotopic (exact) mass is 384 g/mol. The van der Waals surface area contributed by atoms with Crippen molar-refractivity contribution in [3.63, 3.8) is 0 Å². The third kappa shape index (κ3) is 11.9. The normalized spacial score (nSPS) is 10.2. The molecule has 148 valence electrons. The molecule has 0 aliphatic heterocycles. The van der Waals surface area contributed by atoms with Crippen LogP contribution in [-0.2, 0) is 16.1 Å². The molecule has 0 aromatic carbocycles. The van der Waals surface area contributed by atoms with Crippen LogP contribution in [0.4, 0.5) is 0 Å². The van der Waals surface area contributed by atoms with E-state index in [4.69, 9.17) is 10.1 Å². The smallest absolute Gasteiger partial charge is 0.372 e. The van der Waals surface area contributed by atoms with Gasteiger partial charge in [-0.15, -0.1) is 12.4 Å². The Labute approximate surface area is 163 Å². The summed E-state index contributed by atoms with van der Waals surface area (Å²) in [5.41, 5.74) is 0.315. The van der Waals surface area contributed by atoms with E-state index in [0.717, 1.165) is 12.8 Å². The first-order valence-electron chi connectivity index (χ1n) is 9.54. The Balaban J connectivity index is 0.00000625. The minimum Gasteiger partial charge on any atom is -0.859 e. The Morgan fingerprint density at radius 3 is 2.00 bits per heavy atom. The molecule has 1 aromatic rings. The predicted molar refractivity (Wildman–Crippen MR) is 104 cm³/mol. The lowest BCUT2D eigenvalue weighted by Crippen LogP contribution is -2.38. The summed E-state index contributed by atoms with van der Waals surface area (Å²) in [6.07, 6.45) is 15.8. The van der Waals surface area contributed by atoms with Crippen molar-refractivity contribution >= 4 is 24.3 Å². The molecule has 0 spiro atoms. The molecule has 1 rings (SSSR count). The van der Waals surface area contributed by atoms with Crippen LogP contribution < -0.4 is 9.67 Å². The molecule has 26 heavy (non-hydrogen) atoms. The summed E-state index contributed by atoms with van der Waals surface area (Å²) in [7, 11) is 0. The van der Waals surface area contributed by atoms with Gasteiger partial charge in [-0.2, -0.15) is 4.57 Å². The number of carbonyl (C=O) groups excluding carboxylic acids is 1. The molecule has 0 unspecified atom stereocenters. The van der Waals surface area contributed by atoms with Gasteiger partial charge in [-0.1, -0.05) is 64.7 Å². The minimum absolute atomic E-state index is 0. The average molecular weight is 385 g/mol. The van der Waals surface area contributed by atoms with Crippen LogP contribution in [0.1, 0.15) is 76.7 Å². The molecule has 0 saturated heterocycles. The van der Waals surface area contributed by atoms with Crippen LogP contribution >= 0.6 is 12.4 Å². The minimum atomic E-state index is -0.726. The van der Waals surface area contributed by atoms with Gasteiger partial charge in [-0.3, -0.25) is 0 Å². The summed E-state index contributed by atoms with van der Waals surface area (Å²) < 4.78 is 6.88. The van der Waals surface area contributed by atoms with E-state index in [1.807, 2.05) is 0 Å². The van der Waals surface area contributed by atoms with Gasteiger partial charge < -0.3 is 15.3 Å². The first-order valence-corrected chi connectivity index (χ1v) is 9.54. The zero-order chi connectivity index (χ0) is 18.3. The Morgan fingerprint density at radius 1 is 1.00 bits per heavy atom. The zero-order valence-electron chi connectivity index (χ0n) is 15.9. The highest BCUT2D eigenvalue weighted by Crippen LogP contribution is 2.10. The molecule has 0 aliphatic carbocycles. The Hall–Kier alpha value is -1.62. The second-order valence-electron chi connectivity index (χ2n) is 6.49. The highest BCUT2D eigenvalue weighted by atomic mass is 35.5. The molecule has 6 heteroatoms. The maximum atomic E-state index is 11.7. The molecule has 0 bridgehead atoms. The largest absolute Gasteiger partial charge is 0.859 e. The van der Waals surface area contributed by atoms with Crippen LogP contribution in [0.5, 0.6) is 0 Å². The Bertz CT molecular complexity index is 506. The third-order valence-electron chi connectivity index (χ3n) is 4.23. The summed E-state index contributed by atoms with van der Waals surface area (Å²) in [5, 5.41) is 17.9. The number of aromatic nitrogens is 1. The quantitative estimate of drug-likeness (QED) is 0.175. The van der Waals surface area contributed by atoms with Crippen LogP contribution in [0, 0.1) is 5.41 Å². The van der Waals surface area contributed by atoms with Gasteiger partial charge in [0.25, 0.3) is 0 Å². The first-order chi connectivity index (χ1) is 12.1. The van der Waals surface area contributed by atoms with E-state index >= 15 is 0 Å². The molecular weight excluding hydrogens is 352 g/mol. The van der Waals surface area contributed by atoms with Crippen LogP contribution in [0.3, 0.4) is 0 Å². The van der Waals surface area contributed by atoms with E-state index in [1.165, 1.54) is 63.5 Å². The van der Waals surface area contributed by atoms with Crippen molar-refractivity contribution in [1.82, 2.24) is 0 Å². The van der Waals surface area contributed by atoms with Gasteiger partial charge in [-0.25, -0.2) is 4.79 Å². The second-order valence-corrected chi connectivity index (χ2v) is 6.49. The predicted octanol–water partition coefficient (Wildman–Crippen LogP) is 3.55. The second kappa shape index (κ2) is 15.6. The maximum absolute atomic E-state index is 11.7. The van der Waals surface area contributed by atoms with E-state index in [-0.39, 0.29) is 24.9 Å². The first kappa shape index (κ1) is 24.4. The van der Waals surface area contributed by atoms with E-state index in [9.17, 15) is 9.90 Å². The number of nitrogens with one attached hydrogen (secondary N) is 1. The summed E-state index contributed by atoms with van der Waals surface area (Å²) in [5.74, 6) is -0.999. The van der Waals surface area contributed by atoms with Gasteiger partial charge in [0.2, 0.25) is 6.54 Å². The lowest BCUT2D eigenvalue weighted by molar-refractivity contribution is -0.686. The van der Waals surface area contributed by atoms with Crippen LogP contribution in [0.2, 0.25) is 0 Å². The highest BCUT2D eigenvalue weighted by Gasteiger charge is 2.10. The van der Waals surface area contributed by atoms with Crippen molar-refractivity contribution in [3.8, 4) is 0 Å². The summed E-state index contributed by atoms with van der Waals surface area (Å²) in [6.45, 7) is 2.84. The summed E-state index contributed by atoms with van der Waals surface area (Å²) in [4.78, 5) is 11.7. The molecule has 1 heterocycles. The van der Waals surface area contributed by atoms with Gasteiger partial charge in [-0.05, 0) is 17.9 Å². The number of esters is 1. The number of hydrogen-bond donors (Lipinski definition) is 1. The molecule has 0 saturated carbocycles. The van der Waals surface area contributed by atoms with Crippen molar-refractivity contribution in [2.45, 2.75) is 77.7 Å². The number of hydrogen-bond acceptors (Lipinski definition) is 4. The molecule has 0 aliphatic rings. The number of ether oxygens (including phenoxy) is 1. The topological polar surface area (TPSA) is 77.1 Å². The van der Waals surface area contributed by atoms with Crippen molar-refractivity contribution in [3.05, 3.63) is 30.1 Å². The molecule has 1 N–H and O–H groups in total. The molecular formula is C20H33ClN2O3. The van der Waals surface area contributed by atoms with Gasteiger partial charge in [0.1, 0.15) is 0 Å². The van der Waals surface area contributed by atoms with Crippen molar-refractivity contribution < 1.29 is 19.2 Å². The lowest BCUT2D eigenvalue weighted by atomic mass is 10.1. The van der Waals surface area contributed by atoms with Crippen LogP contribution in [0.25, 0.3) is 0 Å². The highest BCUT2D eigenvalue weighted by molar-refractivity contribution is 5.87. The number of unbranched alkanes of at least 4 members (excludes halogenated alkanes) is 9. The number of pyridine rings is 1. The number of rotatable bonds is 14. The van der Waals surface area contributed by atoms with Crippen molar-refractivity contribution in [1.29, 1.82) is 5.41 Å². The standard InChI is InChI=1S/C20H32N2O3.ClH/c1-2-3-4-5-6-7-8-9-10-11-16-25-19(23)17-22-14-12-18(13-15-22)20(21)24;/h12-15H,2-11,16-17H2,1H3,(H-,21,24);1H. The van der Waals surface area contributed by atoms with Gasteiger partial charge in [0.15, 0.2) is 12.4 Å². The fraction of sp³-hybridized carbons (Fsp3) is 0.650. The Kier molecular flexibility index (Phi) is 14.6. The van der Waals surface area contributed by atoms with E-state index in [2.05, 4.69) is 6.92 Å².